The zero-order chi connectivity index (χ0) is 15.5. The number of hydrogen-bond donors (Lipinski definition) is 1. The Labute approximate surface area is 130 Å². The molecular formula is C16H22FN3O2. The summed E-state index contributed by atoms with van der Waals surface area (Å²) >= 11 is 0. The van der Waals surface area contributed by atoms with Gasteiger partial charge in [0.25, 0.3) is 0 Å². The van der Waals surface area contributed by atoms with Gasteiger partial charge in [-0.15, -0.1) is 0 Å². The monoisotopic (exact) mass is 307 g/mol. The van der Waals surface area contributed by atoms with Crippen molar-refractivity contribution in [1.29, 1.82) is 0 Å². The second-order valence-electron chi connectivity index (χ2n) is 5.78. The Bertz CT molecular complexity index is 538. The summed E-state index contributed by atoms with van der Waals surface area (Å²) in [5.74, 6) is 0.446. The molecule has 2 saturated heterocycles. The zero-order valence-corrected chi connectivity index (χ0v) is 12.8. The number of rotatable bonds is 3. The lowest BCUT2D eigenvalue weighted by Crippen LogP contribution is -2.53. The molecule has 1 atom stereocenters. The summed E-state index contributed by atoms with van der Waals surface area (Å²) in [6.07, 6.45) is 2.01. The van der Waals surface area contributed by atoms with Crippen LogP contribution in [0.4, 0.5) is 10.1 Å². The van der Waals surface area contributed by atoms with Gasteiger partial charge in [0, 0.05) is 32.2 Å². The van der Waals surface area contributed by atoms with E-state index in [9.17, 15) is 9.18 Å². The Morgan fingerprint density at radius 3 is 2.73 bits per heavy atom. The number of nitrogens with one attached hydrogen (secondary N) is 1. The van der Waals surface area contributed by atoms with Crippen LogP contribution in [0, 0.1) is 5.82 Å². The molecule has 1 aromatic carbocycles. The van der Waals surface area contributed by atoms with Crippen LogP contribution in [0.3, 0.4) is 0 Å². The van der Waals surface area contributed by atoms with Crippen molar-refractivity contribution < 1.29 is 13.9 Å². The molecular weight excluding hydrogens is 285 g/mol. The summed E-state index contributed by atoms with van der Waals surface area (Å²) < 4.78 is 18.5. The quantitative estimate of drug-likeness (QED) is 0.912. The van der Waals surface area contributed by atoms with E-state index in [0.717, 1.165) is 38.2 Å². The van der Waals surface area contributed by atoms with E-state index in [1.165, 1.54) is 12.1 Å². The van der Waals surface area contributed by atoms with Crippen molar-refractivity contribution >= 4 is 11.6 Å². The SMILES string of the molecule is COc1cc(F)ccc1N1CCN(C(=O)[C@@H]2CCCN2)CC1. The lowest BCUT2D eigenvalue weighted by molar-refractivity contribution is -0.133. The number of amides is 1. The zero-order valence-electron chi connectivity index (χ0n) is 12.8. The second-order valence-corrected chi connectivity index (χ2v) is 5.78. The van der Waals surface area contributed by atoms with E-state index in [1.54, 1.807) is 13.2 Å². The Morgan fingerprint density at radius 1 is 1.32 bits per heavy atom. The number of carbonyl (C=O) groups is 1. The van der Waals surface area contributed by atoms with Gasteiger partial charge in [0.1, 0.15) is 11.6 Å². The number of piperazine rings is 1. The molecule has 2 aliphatic rings. The third-order valence-electron chi connectivity index (χ3n) is 4.43. The first-order valence-electron chi connectivity index (χ1n) is 7.79. The fraction of sp³-hybridized carbons (Fsp3) is 0.562. The molecule has 1 N–H and O–H groups in total. The van der Waals surface area contributed by atoms with Gasteiger partial charge in [-0.05, 0) is 31.5 Å². The van der Waals surface area contributed by atoms with Crippen LogP contribution in [0.15, 0.2) is 18.2 Å². The molecule has 2 fully saturated rings. The number of carbonyl (C=O) groups excluding carboxylic acids is 1. The maximum Gasteiger partial charge on any atom is 0.239 e. The Hall–Kier alpha value is -1.82. The summed E-state index contributed by atoms with van der Waals surface area (Å²) in [6, 6.07) is 4.57. The van der Waals surface area contributed by atoms with E-state index >= 15 is 0 Å². The van der Waals surface area contributed by atoms with Crippen molar-refractivity contribution in [3.8, 4) is 5.75 Å². The summed E-state index contributed by atoms with van der Waals surface area (Å²) in [5, 5.41) is 3.25. The highest BCUT2D eigenvalue weighted by atomic mass is 19.1. The molecule has 5 nitrogen and oxygen atoms in total. The predicted molar refractivity (Wildman–Crippen MR) is 82.8 cm³/mol. The molecule has 0 bridgehead atoms. The number of hydrogen-bond acceptors (Lipinski definition) is 4. The van der Waals surface area contributed by atoms with Gasteiger partial charge >= 0.3 is 0 Å². The molecule has 22 heavy (non-hydrogen) atoms. The minimum Gasteiger partial charge on any atom is -0.494 e. The van der Waals surface area contributed by atoms with Gasteiger partial charge in [-0.1, -0.05) is 0 Å². The van der Waals surface area contributed by atoms with Crippen LogP contribution in [0.5, 0.6) is 5.75 Å². The van der Waals surface area contributed by atoms with E-state index < -0.39 is 0 Å². The highest BCUT2D eigenvalue weighted by Gasteiger charge is 2.29. The average Bonchev–Trinajstić information content (AvgIpc) is 3.08. The van der Waals surface area contributed by atoms with Crippen LogP contribution < -0.4 is 15.0 Å². The van der Waals surface area contributed by atoms with Gasteiger partial charge in [0.2, 0.25) is 5.91 Å². The van der Waals surface area contributed by atoms with Crippen LogP contribution in [0.25, 0.3) is 0 Å². The van der Waals surface area contributed by atoms with Gasteiger partial charge in [-0.2, -0.15) is 0 Å². The van der Waals surface area contributed by atoms with Crippen LogP contribution >= 0.6 is 0 Å². The van der Waals surface area contributed by atoms with Crippen LogP contribution in [0.1, 0.15) is 12.8 Å². The molecule has 1 amide bonds. The van der Waals surface area contributed by atoms with E-state index in [2.05, 4.69) is 10.2 Å². The van der Waals surface area contributed by atoms with Crippen molar-refractivity contribution in [2.75, 3.05) is 44.7 Å². The minimum atomic E-state index is -0.304. The molecule has 0 spiro atoms. The lowest BCUT2D eigenvalue weighted by atomic mass is 10.1. The van der Waals surface area contributed by atoms with E-state index in [1.807, 2.05) is 4.90 Å². The molecule has 120 valence electrons. The van der Waals surface area contributed by atoms with Crippen molar-refractivity contribution in [2.45, 2.75) is 18.9 Å². The second kappa shape index (κ2) is 6.52. The molecule has 0 aromatic heterocycles. The number of methoxy groups -OCH3 is 1. The van der Waals surface area contributed by atoms with Gasteiger partial charge < -0.3 is 19.9 Å². The van der Waals surface area contributed by atoms with Crippen LogP contribution in [-0.2, 0) is 4.79 Å². The first-order valence-corrected chi connectivity index (χ1v) is 7.79. The molecule has 2 heterocycles. The van der Waals surface area contributed by atoms with Crippen LogP contribution in [-0.4, -0.2) is 56.7 Å². The largest absolute Gasteiger partial charge is 0.494 e. The number of anilines is 1. The fourth-order valence-corrected chi connectivity index (χ4v) is 3.20. The fourth-order valence-electron chi connectivity index (χ4n) is 3.20. The van der Waals surface area contributed by atoms with Crippen molar-refractivity contribution in [3.05, 3.63) is 24.0 Å². The molecule has 0 aliphatic carbocycles. The van der Waals surface area contributed by atoms with E-state index in [4.69, 9.17) is 4.74 Å². The molecule has 2 aliphatic heterocycles. The van der Waals surface area contributed by atoms with Crippen molar-refractivity contribution in [1.82, 2.24) is 10.2 Å². The van der Waals surface area contributed by atoms with Crippen molar-refractivity contribution in [2.24, 2.45) is 0 Å². The highest BCUT2D eigenvalue weighted by molar-refractivity contribution is 5.82. The average molecular weight is 307 g/mol. The number of ether oxygens (including phenoxy) is 1. The minimum absolute atomic E-state index is 0.00749. The maximum absolute atomic E-state index is 13.3. The van der Waals surface area contributed by atoms with E-state index in [0.29, 0.717) is 18.8 Å². The Morgan fingerprint density at radius 2 is 2.09 bits per heavy atom. The summed E-state index contributed by atoms with van der Waals surface area (Å²) in [7, 11) is 1.55. The maximum atomic E-state index is 13.3. The topological polar surface area (TPSA) is 44.8 Å². The molecule has 6 heteroatoms. The molecule has 0 unspecified atom stereocenters. The smallest absolute Gasteiger partial charge is 0.239 e. The summed E-state index contributed by atoms with van der Waals surface area (Å²) in [6.45, 7) is 3.79. The molecule has 1 aromatic rings. The molecule has 0 radical (unpaired) electrons. The number of nitrogens with zero attached hydrogens (tertiary/aromatic N) is 2. The Balaban J connectivity index is 1.63. The van der Waals surface area contributed by atoms with Gasteiger partial charge in [-0.25, -0.2) is 4.39 Å². The van der Waals surface area contributed by atoms with Gasteiger partial charge in [0.15, 0.2) is 0 Å². The number of benzene rings is 1. The van der Waals surface area contributed by atoms with Crippen molar-refractivity contribution in [3.63, 3.8) is 0 Å². The third-order valence-corrected chi connectivity index (χ3v) is 4.43. The summed E-state index contributed by atoms with van der Waals surface area (Å²) in [4.78, 5) is 16.5. The first-order chi connectivity index (χ1) is 10.7. The standard InChI is InChI=1S/C16H22FN3O2/c1-22-15-11-12(17)4-5-14(15)19-7-9-20(10-8-19)16(21)13-3-2-6-18-13/h4-5,11,13,18H,2-3,6-10H2,1H3/t13-/m0/s1. The third kappa shape index (κ3) is 3.02. The van der Waals surface area contributed by atoms with Gasteiger partial charge in [-0.3, -0.25) is 4.79 Å². The lowest BCUT2D eigenvalue weighted by Gasteiger charge is -2.37. The summed E-state index contributed by atoms with van der Waals surface area (Å²) in [5.41, 5.74) is 0.884. The predicted octanol–water partition coefficient (Wildman–Crippen LogP) is 1.23. The van der Waals surface area contributed by atoms with E-state index in [-0.39, 0.29) is 17.8 Å². The molecule has 3 rings (SSSR count). The highest BCUT2D eigenvalue weighted by Crippen LogP contribution is 2.29. The first kappa shape index (κ1) is 15.1. The van der Waals surface area contributed by atoms with Gasteiger partial charge in [0.05, 0.1) is 18.8 Å². The number of halogens is 1. The molecule has 0 saturated carbocycles. The Kier molecular flexibility index (Phi) is 4.47. The van der Waals surface area contributed by atoms with Crippen LogP contribution in [0.2, 0.25) is 0 Å². The normalized spacial score (nSPS) is 22.0.